The summed E-state index contributed by atoms with van der Waals surface area (Å²) in [6, 6.07) is 3.89. The predicted molar refractivity (Wildman–Crippen MR) is 131 cm³/mol. The molecule has 0 aromatic carbocycles. The minimum atomic E-state index is 0. The van der Waals surface area contributed by atoms with Gasteiger partial charge in [0.15, 0.2) is 5.96 Å². The zero-order chi connectivity index (χ0) is 21.2. The van der Waals surface area contributed by atoms with Gasteiger partial charge >= 0.3 is 0 Å². The molecule has 0 bridgehead atoms. The van der Waals surface area contributed by atoms with Crippen LogP contribution in [0.5, 0.6) is 5.88 Å². The van der Waals surface area contributed by atoms with Crippen LogP contribution < -0.4 is 15.4 Å². The molecule has 0 atom stereocenters. The number of aryl methyl sites for hydroxylation is 2. The van der Waals surface area contributed by atoms with Crippen molar-refractivity contribution in [1.82, 2.24) is 25.3 Å². The van der Waals surface area contributed by atoms with Crippen LogP contribution >= 0.6 is 24.0 Å². The fraction of sp³-hybridized carbons (Fsp3) is 0.619. The van der Waals surface area contributed by atoms with Crippen molar-refractivity contribution in [2.75, 3.05) is 53.0 Å². The summed E-state index contributed by atoms with van der Waals surface area (Å²) in [6.45, 7) is 8.69. The van der Waals surface area contributed by atoms with Gasteiger partial charge in [-0.2, -0.15) is 5.10 Å². The van der Waals surface area contributed by atoms with E-state index in [0.29, 0.717) is 6.54 Å². The number of methoxy groups -OCH3 is 1. The highest BCUT2D eigenvalue weighted by Gasteiger charge is 2.16. The monoisotopic (exact) mass is 546 g/mol. The zero-order valence-electron chi connectivity index (χ0n) is 18.7. The molecule has 0 saturated carbocycles. The molecule has 1 fully saturated rings. The van der Waals surface area contributed by atoms with Crippen molar-refractivity contribution in [3.63, 3.8) is 0 Å². The van der Waals surface area contributed by atoms with Gasteiger partial charge in [-0.15, -0.1) is 24.0 Å². The molecule has 0 amide bonds. The molecule has 0 radical (unpaired) electrons. The van der Waals surface area contributed by atoms with Gasteiger partial charge in [0.2, 0.25) is 5.88 Å². The van der Waals surface area contributed by atoms with Crippen LogP contribution in [0.3, 0.4) is 0 Å². The topological polar surface area (TPSA) is 89.1 Å². The molecule has 2 N–H and O–H groups in total. The van der Waals surface area contributed by atoms with Crippen molar-refractivity contribution in [2.24, 2.45) is 12.0 Å². The summed E-state index contributed by atoms with van der Waals surface area (Å²) in [4.78, 5) is 7.21. The van der Waals surface area contributed by atoms with Crippen LogP contribution in [0.1, 0.15) is 23.9 Å². The van der Waals surface area contributed by atoms with E-state index in [-0.39, 0.29) is 24.0 Å². The first-order valence-electron chi connectivity index (χ1n) is 10.6. The Morgan fingerprint density at radius 1 is 1.26 bits per heavy atom. The highest BCUT2D eigenvalue weighted by atomic mass is 127. The van der Waals surface area contributed by atoms with Crippen molar-refractivity contribution in [2.45, 2.75) is 26.3 Å². The number of hydrogen-bond donors (Lipinski definition) is 2. The first-order valence-corrected chi connectivity index (χ1v) is 10.6. The Bertz CT molecular complexity index is 787. The van der Waals surface area contributed by atoms with Gasteiger partial charge in [-0.3, -0.25) is 4.90 Å². The summed E-state index contributed by atoms with van der Waals surface area (Å²) in [5.41, 5.74) is 2.05. The van der Waals surface area contributed by atoms with Crippen molar-refractivity contribution in [1.29, 1.82) is 0 Å². The van der Waals surface area contributed by atoms with Gasteiger partial charge in [0, 0.05) is 46.2 Å². The summed E-state index contributed by atoms with van der Waals surface area (Å²) in [5, 5.41) is 11.4. The first-order chi connectivity index (χ1) is 14.7. The second-order valence-corrected chi connectivity index (χ2v) is 7.21. The standard InChI is InChI=1S/C21H34N6O3.HI/c1-4-19-18(20(28-3)26(2)25-19)16-24-21(22-8-7-17-6-5-13-30-17)23-9-10-27-11-14-29-15-12-27;/h5-6,13H,4,7-12,14-16H2,1-3H3,(H2,22,23,24);1H. The van der Waals surface area contributed by atoms with E-state index in [4.69, 9.17) is 18.9 Å². The molecule has 9 nitrogen and oxygen atoms in total. The normalized spacial score (nSPS) is 14.9. The third kappa shape index (κ3) is 7.69. The summed E-state index contributed by atoms with van der Waals surface area (Å²) in [6.07, 6.45) is 3.34. The lowest BCUT2D eigenvalue weighted by atomic mass is 10.2. The Morgan fingerprint density at radius 2 is 2.03 bits per heavy atom. The fourth-order valence-corrected chi connectivity index (χ4v) is 3.55. The third-order valence-electron chi connectivity index (χ3n) is 5.16. The van der Waals surface area contributed by atoms with Gasteiger partial charge in [-0.1, -0.05) is 6.92 Å². The average Bonchev–Trinajstić information content (AvgIpc) is 3.39. The maximum atomic E-state index is 5.54. The van der Waals surface area contributed by atoms with Crippen LogP contribution in [0.25, 0.3) is 0 Å². The second kappa shape index (κ2) is 13.6. The zero-order valence-corrected chi connectivity index (χ0v) is 21.1. The molecule has 3 rings (SSSR count). The molecule has 31 heavy (non-hydrogen) atoms. The Hall–Kier alpha value is -1.79. The molecule has 174 valence electrons. The van der Waals surface area contributed by atoms with Crippen LogP contribution in [-0.2, 0) is 31.2 Å². The summed E-state index contributed by atoms with van der Waals surface area (Å²) >= 11 is 0. The van der Waals surface area contributed by atoms with Gasteiger partial charge in [0.05, 0.1) is 44.4 Å². The Balaban J connectivity index is 0.00000341. The molecule has 1 saturated heterocycles. The van der Waals surface area contributed by atoms with Crippen molar-refractivity contribution in [3.8, 4) is 5.88 Å². The number of aliphatic imine (C=N–C) groups is 1. The molecule has 2 aromatic rings. The van der Waals surface area contributed by atoms with Crippen LogP contribution in [0.4, 0.5) is 0 Å². The SMILES string of the molecule is CCc1nn(C)c(OC)c1CN=C(NCCc1ccco1)NCCN1CCOCC1.I. The number of morpholine rings is 1. The lowest BCUT2D eigenvalue weighted by Crippen LogP contribution is -2.44. The molecule has 1 aliphatic heterocycles. The number of hydrogen-bond acceptors (Lipinski definition) is 6. The van der Waals surface area contributed by atoms with E-state index in [1.54, 1.807) is 18.1 Å². The van der Waals surface area contributed by atoms with E-state index < -0.39 is 0 Å². The van der Waals surface area contributed by atoms with E-state index in [1.165, 1.54) is 0 Å². The van der Waals surface area contributed by atoms with Crippen molar-refractivity contribution < 1.29 is 13.9 Å². The quantitative estimate of drug-likeness (QED) is 0.267. The van der Waals surface area contributed by atoms with Crippen LogP contribution in [-0.4, -0.2) is 73.7 Å². The minimum absolute atomic E-state index is 0. The summed E-state index contributed by atoms with van der Waals surface area (Å²) < 4.78 is 18.2. The number of halogens is 1. The molecule has 0 spiro atoms. The number of aromatic nitrogens is 2. The molecule has 2 aromatic heterocycles. The van der Waals surface area contributed by atoms with Crippen molar-refractivity contribution >= 4 is 29.9 Å². The smallest absolute Gasteiger partial charge is 0.216 e. The van der Waals surface area contributed by atoms with Gasteiger partial charge in [-0.05, 0) is 18.6 Å². The molecular formula is C21H35IN6O3. The number of nitrogens with zero attached hydrogens (tertiary/aromatic N) is 4. The van der Waals surface area contributed by atoms with Gasteiger partial charge in [0.1, 0.15) is 5.76 Å². The number of nitrogens with one attached hydrogen (secondary N) is 2. The predicted octanol–water partition coefficient (Wildman–Crippen LogP) is 1.81. The van der Waals surface area contributed by atoms with Crippen LogP contribution in [0.2, 0.25) is 0 Å². The highest BCUT2D eigenvalue weighted by Crippen LogP contribution is 2.22. The summed E-state index contributed by atoms with van der Waals surface area (Å²) in [5.74, 6) is 2.50. The largest absolute Gasteiger partial charge is 0.481 e. The molecule has 3 heterocycles. The number of ether oxygens (including phenoxy) is 2. The van der Waals surface area contributed by atoms with Crippen molar-refractivity contribution in [3.05, 3.63) is 35.4 Å². The van der Waals surface area contributed by atoms with Gasteiger partial charge in [-0.25, -0.2) is 9.67 Å². The van der Waals surface area contributed by atoms with E-state index in [0.717, 1.165) is 87.6 Å². The molecule has 1 aliphatic rings. The number of guanidine groups is 1. The fourth-order valence-electron chi connectivity index (χ4n) is 3.55. The van der Waals surface area contributed by atoms with E-state index in [2.05, 4.69) is 27.6 Å². The maximum Gasteiger partial charge on any atom is 0.216 e. The first kappa shape index (κ1) is 25.5. The van der Waals surface area contributed by atoms with Gasteiger partial charge in [0.25, 0.3) is 0 Å². The maximum absolute atomic E-state index is 5.54. The van der Waals surface area contributed by atoms with Crippen LogP contribution in [0.15, 0.2) is 27.8 Å². The second-order valence-electron chi connectivity index (χ2n) is 7.21. The number of furan rings is 1. The Labute approximate surface area is 201 Å². The number of rotatable bonds is 10. The van der Waals surface area contributed by atoms with E-state index >= 15 is 0 Å². The summed E-state index contributed by atoms with van der Waals surface area (Å²) in [7, 11) is 3.57. The molecule has 0 aliphatic carbocycles. The lowest BCUT2D eigenvalue weighted by Gasteiger charge is -2.26. The molecular weight excluding hydrogens is 511 g/mol. The van der Waals surface area contributed by atoms with Crippen LogP contribution in [0, 0.1) is 0 Å². The minimum Gasteiger partial charge on any atom is -0.481 e. The average molecular weight is 546 g/mol. The van der Waals surface area contributed by atoms with E-state index in [1.807, 2.05) is 19.2 Å². The van der Waals surface area contributed by atoms with Gasteiger partial charge < -0.3 is 24.5 Å². The molecule has 0 unspecified atom stereocenters. The van der Waals surface area contributed by atoms with E-state index in [9.17, 15) is 0 Å². The third-order valence-corrected chi connectivity index (χ3v) is 5.16. The molecule has 10 heteroatoms. The Morgan fingerprint density at radius 3 is 2.71 bits per heavy atom. The highest BCUT2D eigenvalue weighted by molar-refractivity contribution is 14.0. The lowest BCUT2D eigenvalue weighted by molar-refractivity contribution is 0.0389. The Kier molecular flexibility index (Phi) is 11.2.